The summed E-state index contributed by atoms with van der Waals surface area (Å²) in [6.07, 6.45) is 1.61. The van der Waals surface area contributed by atoms with Crippen LogP contribution in [0.3, 0.4) is 0 Å². The van der Waals surface area contributed by atoms with Gasteiger partial charge in [0.15, 0.2) is 0 Å². The summed E-state index contributed by atoms with van der Waals surface area (Å²) in [5.41, 5.74) is 0.421. The summed E-state index contributed by atoms with van der Waals surface area (Å²) < 4.78 is 18.2. The van der Waals surface area contributed by atoms with Crippen molar-refractivity contribution in [2.75, 3.05) is 0 Å². The lowest BCUT2D eigenvalue weighted by Gasteiger charge is -2.18. The number of nitrogens with zero attached hydrogens (tertiary/aromatic N) is 1. The summed E-state index contributed by atoms with van der Waals surface area (Å²) in [5, 5.41) is 14.4. The van der Waals surface area contributed by atoms with E-state index in [0.29, 0.717) is 17.2 Å². The first-order valence-corrected chi connectivity index (χ1v) is 11.2. The van der Waals surface area contributed by atoms with Gasteiger partial charge in [-0.05, 0) is 57.9 Å². The second-order valence-electron chi connectivity index (χ2n) is 7.17. The van der Waals surface area contributed by atoms with Gasteiger partial charge in [0, 0.05) is 6.20 Å². The average molecular weight is 441 g/mol. The van der Waals surface area contributed by atoms with Crippen LogP contribution in [-0.4, -0.2) is 10.1 Å². The zero-order chi connectivity index (χ0) is 21.8. The van der Waals surface area contributed by atoms with Crippen molar-refractivity contribution in [2.24, 2.45) is 0 Å². The van der Waals surface area contributed by atoms with Gasteiger partial charge in [0.2, 0.25) is 0 Å². The lowest BCUT2D eigenvalue weighted by atomic mass is 10.1. The van der Waals surface area contributed by atoms with Gasteiger partial charge in [-0.1, -0.05) is 60.7 Å². The monoisotopic (exact) mass is 441 g/mol. The van der Waals surface area contributed by atoms with E-state index in [1.54, 1.807) is 18.3 Å². The zero-order valence-corrected chi connectivity index (χ0v) is 18.0. The third-order valence-electron chi connectivity index (χ3n) is 4.97. The normalized spacial score (nSPS) is 11.2. The van der Waals surface area contributed by atoms with Crippen LogP contribution in [0, 0.1) is 0 Å². The van der Waals surface area contributed by atoms with E-state index < -0.39 is 8.60 Å². The summed E-state index contributed by atoms with van der Waals surface area (Å²) in [7, 11) is -1.81. The number of pyridine rings is 1. The number of aromatic hydroxyl groups is 1. The van der Waals surface area contributed by atoms with Gasteiger partial charge in [0.1, 0.15) is 29.5 Å². The molecule has 5 nitrogen and oxygen atoms in total. The maximum Gasteiger partial charge on any atom is 0.463 e. The van der Waals surface area contributed by atoms with Gasteiger partial charge < -0.3 is 14.2 Å². The van der Waals surface area contributed by atoms with Crippen molar-refractivity contribution in [3.8, 4) is 17.2 Å². The molecule has 1 heterocycles. The predicted molar refractivity (Wildman–Crippen MR) is 127 cm³/mol. The minimum Gasteiger partial charge on any atom is -0.506 e. The molecule has 5 aromatic rings. The Hall–Kier alpha value is -3.66. The molecule has 0 saturated heterocycles. The Morgan fingerprint density at radius 2 is 1.22 bits per heavy atom. The number of benzene rings is 4. The summed E-state index contributed by atoms with van der Waals surface area (Å²) in [4.78, 5) is 4.17. The molecule has 0 unspecified atom stereocenters. The van der Waals surface area contributed by atoms with Crippen molar-refractivity contribution in [2.45, 2.75) is 6.61 Å². The number of hydrogen-bond donors (Lipinski definition) is 1. The van der Waals surface area contributed by atoms with Crippen molar-refractivity contribution in [3.63, 3.8) is 0 Å². The van der Waals surface area contributed by atoms with Crippen LogP contribution in [0.2, 0.25) is 0 Å². The van der Waals surface area contributed by atoms with Gasteiger partial charge in [-0.3, -0.25) is 9.51 Å². The van der Waals surface area contributed by atoms with E-state index >= 15 is 0 Å². The van der Waals surface area contributed by atoms with E-state index in [0.717, 1.165) is 21.5 Å². The van der Waals surface area contributed by atoms with Gasteiger partial charge in [-0.15, -0.1) is 0 Å². The molecule has 0 atom stereocenters. The van der Waals surface area contributed by atoms with Gasteiger partial charge >= 0.3 is 8.60 Å². The summed E-state index contributed by atoms with van der Waals surface area (Å²) >= 11 is 0. The van der Waals surface area contributed by atoms with Crippen LogP contribution in [0.1, 0.15) is 5.69 Å². The number of hydrogen-bond acceptors (Lipinski definition) is 5. The molecule has 158 valence electrons. The summed E-state index contributed by atoms with van der Waals surface area (Å²) in [5.74, 6) is 1.35. The molecule has 0 aliphatic rings. The van der Waals surface area contributed by atoms with Crippen LogP contribution in [-0.2, 0) is 11.1 Å². The molecule has 1 N–H and O–H groups in total. The molecule has 5 rings (SSSR count). The Bertz CT molecular complexity index is 1290. The third kappa shape index (κ3) is 4.65. The topological polar surface area (TPSA) is 60.8 Å². The van der Waals surface area contributed by atoms with Crippen LogP contribution in [0.5, 0.6) is 17.2 Å². The molecule has 0 spiro atoms. The predicted octanol–water partition coefficient (Wildman–Crippen LogP) is 7.00. The van der Waals surface area contributed by atoms with Crippen LogP contribution in [0.25, 0.3) is 21.5 Å². The fourth-order valence-corrected chi connectivity index (χ4v) is 4.29. The Morgan fingerprint density at radius 3 is 1.78 bits per heavy atom. The average Bonchev–Trinajstić information content (AvgIpc) is 2.83. The molecule has 32 heavy (non-hydrogen) atoms. The quantitative estimate of drug-likeness (QED) is 0.276. The molecule has 0 saturated carbocycles. The fraction of sp³-hybridized carbons (Fsp3) is 0.0385. The SMILES string of the molecule is Oc1cccnc1COP(Oc1ccc2ccccc2c1)Oc1ccc2ccccc2c1. The largest absolute Gasteiger partial charge is 0.506 e. The zero-order valence-electron chi connectivity index (χ0n) is 17.1. The van der Waals surface area contributed by atoms with Crippen LogP contribution in [0.4, 0.5) is 0 Å². The number of rotatable bonds is 7. The molecule has 0 fully saturated rings. The molecule has 0 aliphatic carbocycles. The van der Waals surface area contributed by atoms with Gasteiger partial charge in [-0.25, -0.2) is 0 Å². The lowest BCUT2D eigenvalue weighted by Crippen LogP contribution is -2.02. The highest BCUT2D eigenvalue weighted by atomic mass is 31.2. The Balaban J connectivity index is 1.40. The van der Waals surface area contributed by atoms with Gasteiger partial charge in [0.05, 0.1) is 0 Å². The van der Waals surface area contributed by atoms with E-state index in [1.165, 1.54) is 0 Å². The van der Waals surface area contributed by atoms with Gasteiger partial charge in [-0.2, -0.15) is 0 Å². The maximum absolute atomic E-state index is 10.0. The van der Waals surface area contributed by atoms with E-state index in [1.807, 2.05) is 84.9 Å². The van der Waals surface area contributed by atoms with Crippen LogP contribution in [0.15, 0.2) is 103 Å². The molecular formula is C26H20NO4P. The van der Waals surface area contributed by atoms with Crippen molar-refractivity contribution < 1.29 is 18.7 Å². The highest BCUT2D eigenvalue weighted by molar-refractivity contribution is 7.42. The second kappa shape index (κ2) is 9.23. The fourth-order valence-electron chi connectivity index (χ4n) is 3.35. The second-order valence-corrected chi connectivity index (χ2v) is 8.24. The van der Waals surface area contributed by atoms with Gasteiger partial charge in [0.25, 0.3) is 0 Å². The minimum atomic E-state index is -1.81. The Kier molecular flexibility index (Phi) is 5.84. The first kappa shape index (κ1) is 20.3. The number of aromatic nitrogens is 1. The van der Waals surface area contributed by atoms with Crippen molar-refractivity contribution in [3.05, 3.63) is 109 Å². The molecule has 1 aromatic heterocycles. The highest BCUT2D eigenvalue weighted by Crippen LogP contribution is 2.43. The van der Waals surface area contributed by atoms with E-state index in [4.69, 9.17) is 13.6 Å². The van der Waals surface area contributed by atoms with Crippen LogP contribution >= 0.6 is 8.60 Å². The van der Waals surface area contributed by atoms with Crippen molar-refractivity contribution >= 4 is 30.1 Å². The molecule has 6 heteroatoms. The van der Waals surface area contributed by atoms with Crippen molar-refractivity contribution in [1.82, 2.24) is 4.98 Å². The molecule has 0 radical (unpaired) electrons. The molecule has 0 aliphatic heterocycles. The van der Waals surface area contributed by atoms with Crippen LogP contribution < -0.4 is 9.05 Å². The maximum atomic E-state index is 10.0. The molecule has 0 amide bonds. The first-order chi connectivity index (χ1) is 15.7. The molecular weight excluding hydrogens is 421 g/mol. The van der Waals surface area contributed by atoms with Crippen molar-refractivity contribution in [1.29, 1.82) is 0 Å². The minimum absolute atomic E-state index is 0.0551. The Labute approximate surface area is 186 Å². The van der Waals surface area contributed by atoms with E-state index in [9.17, 15) is 5.11 Å². The van der Waals surface area contributed by atoms with E-state index in [2.05, 4.69) is 4.98 Å². The molecule has 4 aromatic carbocycles. The first-order valence-electron chi connectivity index (χ1n) is 10.1. The van der Waals surface area contributed by atoms with E-state index in [-0.39, 0.29) is 12.4 Å². The summed E-state index contributed by atoms with van der Waals surface area (Å²) in [6.45, 7) is 0.0551. The lowest BCUT2D eigenvalue weighted by molar-refractivity contribution is 0.249. The standard InChI is InChI=1S/C26H20NO4P/c28-26-10-5-15-27-25(26)18-29-32(30-23-13-11-19-6-1-3-8-21(19)16-23)31-24-14-12-20-7-2-4-9-22(20)17-24/h1-17,28H,18H2. The summed E-state index contributed by atoms with van der Waals surface area (Å²) in [6, 6.07) is 31.1. The number of fused-ring (bicyclic) bond motifs is 2. The smallest absolute Gasteiger partial charge is 0.463 e. The highest BCUT2D eigenvalue weighted by Gasteiger charge is 2.19. The Morgan fingerprint density at radius 1 is 0.656 bits per heavy atom. The molecule has 0 bridgehead atoms. The third-order valence-corrected chi connectivity index (χ3v) is 6.03.